The fourth-order valence-corrected chi connectivity index (χ4v) is 5.14. The summed E-state index contributed by atoms with van der Waals surface area (Å²) >= 11 is 7.66. The van der Waals surface area contributed by atoms with Gasteiger partial charge in [0, 0.05) is 36.5 Å². The molecule has 1 fully saturated rings. The number of rotatable bonds is 4. The van der Waals surface area contributed by atoms with E-state index in [1.807, 2.05) is 18.2 Å². The van der Waals surface area contributed by atoms with Crippen LogP contribution in [0.3, 0.4) is 0 Å². The van der Waals surface area contributed by atoms with Crippen molar-refractivity contribution in [2.75, 3.05) is 18.0 Å². The number of hydrogen-bond acceptors (Lipinski definition) is 9. The van der Waals surface area contributed by atoms with Crippen molar-refractivity contribution in [1.29, 1.82) is 0 Å². The highest BCUT2D eigenvalue weighted by molar-refractivity contribution is 7.18. The Labute approximate surface area is 180 Å². The maximum Gasteiger partial charge on any atom is 0.325 e. The van der Waals surface area contributed by atoms with Crippen molar-refractivity contribution in [1.82, 2.24) is 30.4 Å². The molecule has 3 aromatic rings. The van der Waals surface area contributed by atoms with Gasteiger partial charge in [0.15, 0.2) is 5.01 Å². The third kappa shape index (κ3) is 3.47. The summed E-state index contributed by atoms with van der Waals surface area (Å²) in [5.74, 6) is 0.175. The highest BCUT2D eigenvalue weighted by Gasteiger charge is 2.40. The number of benzene rings is 1. The van der Waals surface area contributed by atoms with Crippen molar-refractivity contribution in [3.8, 4) is 16.6 Å². The zero-order valence-corrected chi connectivity index (χ0v) is 17.4. The zero-order chi connectivity index (χ0) is 20.7. The van der Waals surface area contributed by atoms with E-state index in [0.717, 1.165) is 60.2 Å². The number of carbonyl (C=O) groups is 1. The van der Waals surface area contributed by atoms with E-state index in [-0.39, 0.29) is 12.1 Å². The molecule has 30 heavy (non-hydrogen) atoms. The molecule has 1 spiro atoms. The zero-order valence-electron chi connectivity index (χ0n) is 15.9. The van der Waals surface area contributed by atoms with Crippen LogP contribution in [0, 0.1) is 0 Å². The number of ether oxygens (including phenoxy) is 1. The third-order valence-electron chi connectivity index (χ3n) is 5.60. The molecule has 1 aromatic carbocycles. The molecule has 0 radical (unpaired) electrons. The molecule has 1 N–H and O–H groups in total. The van der Waals surface area contributed by atoms with Gasteiger partial charge in [0.1, 0.15) is 17.9 Å². The third-order valence-corrected chi connectivity index (χ3v) is 6.93. The summed E-state index contributed by atoms with van der Waals surface area (Å²) in [5, 5.41) is 30.6. The first-order valence-electron chi connectivity index (χ1n) is 9.56. The van der Waals surface area contributed by atoms with Crippen molar-refractivity contribution in [3.63, 3.8) is 0 Å². The Bertz CT molecular complexity index is 1090. The molecular formula is C18H18ClN7O3S. The van der Waals surface area contributed by atoms with E-state index in [9.17, 15) is 4.79 Å². The summed E-state index contributed by atoms with van der Waals surface area (Å²) in [5.41, 5.74) is 0.924. The highest BCUT2D eigenvalue weighted by Crippen LogP contribution is 2.42. The Hall–Kier alpha value is -2.79. The average Bonchev–Trinajstić information content (AvgIpc) is 3.38. The number of halogens is 1. The van der Waals surface area contributed by atoms with E-state index in [0.29, 0.717) is 10.8 Å². The van der Waals surface area contributed by atoms with Crippen LogP contribution < -0.4 is 9.64 Å². The van der Waals surface area contributed by atoms with Crippen LogP contribution in [0.5, 0.6) is 5.75 Å². The number of anilines is 1. The molecule has 0 atom stereocenters. The van der Waals surface area contributed by atoms with E-state index in [1.54, 1.807) is 0 Å². The maximum atomic E-state index is 11.0. The van der Waals surface area contributed by atoms with Crippen molar-refractivity contribution in [2.24, 2.45) is 0 Å². The van der Waals surface area contributed by atoms with Crippen molar-refractivity contribution >= 4 is 34.0 Å². The van der Waals surface area contributed by atoms with Crippen LogP contribution in [0.15, 0.2) is 18.2 Å². The maximum absolute atomic E-state index is 11.0. The van der Waals surface area contributed by atoms with Crippen LogP contribution in [0.1, 0.15) is 24.8 Å². The minimum Gasteiger partial charge on any atom is -0.487 e. The Morgan fingerprint density at radius 2 is 2.07 bits per heavy atom. The summed E-state index contributed by atoms with van der Waals surface area (Å²) in [6, 6.07) is 5.83. The first kappa shape index (κ1) is 19.2. The highest BCUT2D eigenvalue weighted by atomic mass is 35.5. The number of fused-ring (bicyclic) bond motifs is 1. The molecule has 5 rings (SSSR count). The van der Waals surface area contributed by atoms with E-state index in [2.05, 4.69) is 30.6 Å². The van der Waals surface area contributed by atoms with Crippen LogP contribution in [0.4, 0.5) is 5.13 Å². The number of carboxylic acids is 1. The first-order chi connectivity index (χ1) is 14.5. The van der Waals surface area contributed by atoms with Crippen LogP contribution in [0.2, 0.25) is 5.02 Å². The molecule has 2 aliphatic heterocycles. The van der Waals surface area contributed by atoms with Gasteiger partial charge in [-0.3, -0.25) is 4.79 Å². The van der Waals surface area contributed by atoms with Gasteiger partial charge in [-0.05, 0) is 35.4 Å². The summed E-state index contributed by atoms with van der Waals surface area (Å²) in [6.07, 6.45) is 3.63. The van der Waals surface area contributed by atoms with Gasteiger partial charge in [0.25, 0.3) is 0 Å². The number of aliphatic carboxylic acids is 1. The van der Waals surface area contributed by atoms with E-state index in [1.165, 1.54) is 16.0 Å². The summed E-state index contributed by atoms with van der Waals surface area (Å²) in [4.78, 5) is 13.1. The van der Waals surface area contributed by atoms with Crippen molar-refractivity contribution in [3.05, 3.63) is 28.8 Å². The molecule has 156 valence electrons. The predicted octanol–water partition coefficient (Wildman–Crippen LogP) is 2.29. The Balaban J connectivity index is 1.28. The largest absolute Gasteiger partial charge is 0.487 e. The fourth-order valence-electron chi connectivity index (χ4n) is 4.00. The van der Waals surface area contributed by atoms with E-state index < -0.39 is 5.97 Å². The standard InChI is InChI=1S/C18H18ClN7O3S/c19-12-2-1-3-13-11(12)4-5-18(29-13)6-8-25(9-7-18)17-22-21-16(30-17)15-20-23-24-26(15)10-14(27)28/h1-3H,4-10H2,(H,27,28). The lowest BCUT2D eigenvalue weighted by Crippen LogP contribution is -2.49. The normalized spacial score (nSPS) is 17.6. The molecule has 0 aliphatic carbocycles. The summed E-state index contributed by atoms with van der Waals surface area (Å²) in [7, 11) is 0. The van der Waals surface area contributed by atoms with Gasteiger partial charge in [-0.25, -0.2) is 4.68 Å². The number of piperidine rings is 1. The minimum atomic E-state index is -1.02. The monoisotopic (exact) mass is 447 g/mol. The second kappa shape index (κ2) is 7.47. The summed E-state index contributed by atoms with van der Waals surface area (Å²) < 4.78 is 7.62. The van der Waals surface area contributed by atoms with Gasteiger partial charge < -0.3 is 14.7 Å². The molecule has 10 nitrogen and oxygen atoms in total. The number of tetrazole rings is 1. The minimum absolute atomic E-state index is 0.173. The Kier molecular flexibility index (Phi) is 4.78. The van der Waals surface area contributed by atoms with Gasteiger partial charge in [0.2, 0.25) is 11.0 Å². The van der Waals surface area contributed by atoms with Crippen LogP contribution in [-0.2, 0) is 17.8 Å². The molecule has 2 aliphatic rings. The molecule has 0 unspecified atom stereocenters. The molecule has 0 amide bonds. The van der Waals surface area contributed by atoms with Gasteiger partial charge in [0.05, 0.1) is 0 Å². The SMILES string of the molecule is O=C(O)Cn1nnnc1-c1nnc(N2CCC3(CCc4c(Cl)cccc4O3)CC2)s1. The Morgan fingerprint density at radius 3 is 2.87 bits per heavy atom. The summed E-state index contributed by atoms with van der Waals surface area (Å²) in [6.45, 7) is 1.27. The number of aromatic nitrogens is 6. The van der Waals surface area contributed by atoms with Gasteiger partial charge in [-0.1, -0.05) is 29.0 Å². The second-order valence-electron chi connectivity index (χ2n) is 7.43. The van der Waals surface area contributed by atoms with Gasteiger partial charge in [-0.2, -0.15) is 0 Å². The van der Waals surface area contributed by atoms with Crippen LogP contribution in [0.25, 0.3) is 10.8 Å². The van der Waals surface area contributed by atoms with E-state index >= 15 is 0 Å². The van der Waals surface area contributed by atoms with Crippen molar-refractivity contribution in [2.45, 2.75) is 37.8 Å². The van der Waals surface area contributed by atoms with Crippen LogP contribution in [-0.4, -0.2) is 60.2 Å². The number of nitrogens with zero attached hydrogens (tertiary/aromatic N) is 7. The lowest BCUT2D eigenvalue weighted by molar-refractivity contribution is -0.137. The molecule has 0 bridgehead atoms. The lowest BCUT2D eigenvalue weighted by atomic mass is 9.83. The fraction of sp³-hybridized carbons (Fsp3) is 0.444. The topological polar surface area (TPSA) is 119 Å². The average molecular weight is 448 g/mol. The number of hydrogen-bond donors (Lipinski definition) is 1. The first-order valence-corrected chi connectivity index (χ1v) is 10.8. The van der Waals surface area contributed by atoms with Gasteiger partial charge >= 0.3 is 5.97 Å². The number of carboxylic acid groups (broad SMARTS) is 1. The molecule has 4 heterocycles. The van der Waals surface area contributed by atoms with Crippen molar-refractivity contribution < 1.29 is 14.6 Å². The quantitative estimate of drug-likeness (QED) is 0.642. The Morgan fingerprint density at radius 1 is 1.23 bits per heavy atom. The molecule has 2 aromatic heterocycles. The molecule has 12 heteroatoms. The van der Waals surface area contributed by atoms with E-state index in [4.69, 9.17) is 21.4 Å². The molecule has 0 saturated carbocycles. The van der Waals surface area contributed by atoms with Crippen LogP contribution >= 0.6 is 22.9 Å². The smallest absolute Gasteiger partial charge is 0.325 e. The second-order valence-corrected chi connectivity index (χ2v) is 8.80. The molecular weight excluding hydrogens is 430 g/mol. The molecule has 1 saturated heterocycles. The predicted molar refractivity (Wildman–Crippen MR) is 109 cm³/mol. The lowest BCUT2D eigenvalue weighted by Gasteiger charge is -2.44. The van der Waals surface area contributed by atoms with Gasteiger partial charge in [-0.15, -0.1) is 15.3 Å².